The molecular weight excluding hydrogens is 256 g/mol. The summed E-state index contributed by atoms with van der Waals surface area (Å²) >= 11 is 0. The van der Waals surface area contributed by atoms with E-state index in [4.69, 9.17) is 5.73 Å². The van der Waals surface area contributed by atoms with Crippen molar-refractivity contribution in [1.29, 1.82) is 0 Å². The van der Waals surface area contributed by atoms with Crippen LogP contribution in [0.4, 0.5) is 0 Å². The lowest BCUT2D eigenvalue weighted by molar-refractivity contribution is -0.137. The first-order valence-corrected chi connectivity index (χ1v) is 6.76. The molecule has 0 saturated heterocycles. The van der Waals surface area contributed by atoms with Crippen molar-refractivity contribution in [2.24, 2.45) is 5.73 Å². The summed E-state index contributed by atoms with van der Waals surface area (Å²) in [5.74, 6) is -0.716. The summed E-state index contributed by atoms with van der Waals surface area (Å²) in [6.45, 7) is 10.3. The van der Waals surface area contributed by atoms with E-state index in [1.165, 1.54) is 6.08 Å². The van der Waals surface area contributed by atoms with E-state index in [-0.39, 0.29) is 11.9 Å². The Morgan fingerprint density at radius 3 is 2.30 bits per heavy atom. The Hall–Kier alpha value is -1.62. The third-order valence-electron chi connectivity index (χ3n) is 2.34. The number of esters is 1. The molecule has 5 nitrogen and oxygen atoms in total. The van der Waals surface area contributed by atoms with Crippen molar-refractivity contribution in [3.63, 3.8) is 0 Å². The van der Waals surface area contributed by atoms with Crippen LogP contribution in [-0.2, 0) is 14.3 Å². The van der Waals surface area contributed by atoms with Crippen molar-refractivity contribution in [1.82, 2.24) is 4.90 Å². The topological polar surface area (TPSA) is 72.6 Å². The van der Waals surface area contributed by atoms with Crippen LogP contribution in [0.5, 0.6) is 0 Å². The Bertz CT molecular complexity index is 312. The molecule has 0 spiro atoms. The van der Waals surface area contributed by atoms with Gasteiger partial charge in [0.05, 0.1) is 6.61 Å². The Morgan fingerprint density at radius 1 is 1.30 bits per heavy atom. The molecule has 20 heavy (non-hydrogen) atoms. The van der Waals surface area contributed by atoms with Gasteiger partial charge in [-0.1, -0.05) is 26.5 Å². The molecule has 0 atom stereocenters. The zero-order valence-corrected chi connectivity index (χ0v) is 13.0. The first-order valence-electron chi connectivity index (χ1n) is 6.76. The number of amides is 1. The molecule has 0 heterocycles. The van der Waals surface area contributed by atoms with Crippen molar-refractivity contribution in [3.05, 3.63) is 24.8 Å². The van der Waals surface area contributed by atoms with Gasteiger partial charge in [-0.3, -0.25) is 4.79 Å². The van der Waals surface area contributed by atoms with Crippen LogP contribution in [-0.4, -0.2) is 44.0 Å². The molecule has 116 valence electrons. The fraction of sp³-hybridized carbons (Fsp3) is 0.600. The van der Waals surface area contributed by atoms with Crippen molar-refractivity contribution in [2.75, 3.05) is 27.2 Å². The molecule has 0 bridgehead atoms. The third-order valence-corrected chi connectivity index (χ3v) is 2.34. The molecule has 5 heteroatoms. The van der Waals surface area contributed by atoms with E-state index in [1.54, 1.807) is 0 Å². The summed E-state index contributed by atoms with van der Waals surface area (Å²) in [5.41, 5.74) is 5.52. The summed E-state index contributed by atoms with van der Waals surface area (Å²) in [6, 6.07) is 0. The molecule has 0 aromatic rings. The van der Waals surface area contributed by atoms with Crippen LogP contribution in [0.2, 0.25) is 0 Å². The number of primary amides is 1. The second-order valence-corrected chi connectivity index (χ2v) is 4.60. The zero-order valence-electron chi connectivity index (χ0n) is 13.0. The maximum absolute atomic E-state index is 10.5. The van der Waals surface area contributed by atoms with E-state index in [9.17, 15) is 9.59 Å². The second-order valence-electron chi connectivity index (χ2n) is 4.60. The number of carbonyl (C=O) groups excluding carboxylic acids is 2. The number of ether oxygens (including phenoxy) is 1. The standard InChI is InChI=1S/C8H16N2O.C7H12O2/c1-7(8(9)11)5-4-6-10(2)3;1-3-5-6-9-7(8)4-2/h1,4-6H2,2-3H3,(H2,9,11);4H,2-3,5-6H2,1H3. The minimum absolute atomic E-state index is 0.330. The number of nitrogens with zero attached hydrogens (tertiary/aromatic N) is 1. The van der Waals surface area contributed by atoms with E-state index in [2.05, 4.69) is 22.8 Å². The van der Waals surface area contributed by atoms with Crippen LogP contribution in [0.15, 0.2) is 24.8 Å². The van der Waals surface area contributed by atoms with Crippen LogP contribution in [0.1, 0.15) is 32.6 Å². The van der Waals surface area contributed by atoms with Gasteiger partial charge in [0.15, 0.2) is 0 Å². The van der Waals surface area contributed by atoms with Crippen LogP contribution in [0.25, 0.3) is 0 Å². The Balaban J connectivity index is 0. The van der Waals surface area contributed by atoms with Crippen LogP contribution >= 0.6 is 0 Å². The normalized spacial score (nSPS) is 9.40. The fourth-order valence-corrected chi connectivity index (χ4v) is 1.11. The van der Waals surface area contributed by atoms with Gasteiger partial charge in [0.1, 0.15) is 0 Å². The molecule has 0 fully saturated rings. The van der Waals surface area contributed by atoms with Gasteiger partial charge in [0.2, 0.25) is 5.91 Å². The molecule has 0 aliphatic heterocycles. The Morgan fingerprint density at radius 2 is 1.90 bits per heavy atom. The molecule has 0 radical (unpaired) electrons. The van der Waals surface area contributed by atoms with Gasteiger partial charge in [0.25, 0.3) is 0 Å². The molecule has 0 saturated carbocycles. The lowest BCUT2D eigenvalue weighted by Gasteiger charge is -2.08. The molecule has 0 rings (SSSR count). The number of hydrogen-bond acceptors (Lipinski definition) is 4. The molecule has 1 amide bonds. The summed E-state index contributed by atoms with van der Waals surface area (Å²) in [6.07, 6.45) is 4.79. The monoisotopic (exact) mass is 284 g/mol. The van der Waals surface area contributed by atoms with Gasteiger partial charge in [0, 0.05) is 11.6 Å². The highest BCUT2D eigenvalue weighted by atomic mass is 16.5. The molecular formula is C15H28N2O3. The number of hydrogen-bond donors (Lipinski definition) is 1. The summed E-state index contributed by atoms with van der Waals surface area (Å²) in [5, 5.41) is 0. The highest BCUT2D eigenvalue weighted by molar-refractivity contribution is 5.91. The molecule has 0 aliphatic rings. The van der Waals surface area contributed by atoms with E-state index in [0.717, 1.165) is 25.8 Å². The predicted octanol–water partition coefficient (Wildman–Crippen LogP) is 1.89. The molecule has 0 aliphatic carbocycles. The van der Waals surface area contributed by atoms with E-state index < -0.39 is 0 Å². The second kappa shape index (κ2) is 13.8. The van der Waals surface area contributed by atoms with Gasteiger partial charge in [-0.2, -0.15) is 0 Å². The summed E-state index contributed by atoms with van der Waals surface area (Å²) in [7, 11) is 3.99. The average molecular weight is 284 g/mol. The lowest BCUT2D eigenvalue weighted by atomic mass is 10.1. The Kier molecular flexibility index (Phi) is 14.3. The lowest BCUT2D eigenvalue weighted by Crippen LogP contribution is -2.16. The first kappa shape index (κ1) is 20.7. The van der Waals surface area contributed by atoms with Crippen molar-refractivity contribution < 1.29 is 14.3 Å². The van der Waals surface area contributed by atoms with Gasteiger partial charge < -0.3 is 15.4 Å². The van der Waals surface area contributed by atoms with Crippen molar-refractivity contribution in [3.8, 4) is 0 Å². The maximum Gasteiger partial charge on any atom is 0.330 e. The van der Waals surface area contributed by atoms with E-state index in [0.29, 0.717) is 18.6 Å². The maximum atomic E-state index is 10.5. The highest BCUT2D eigenvalue weighted by Crippen LogP contribution is 2.00. The molecule has 2 N–H and O–H groups in total. The van der Waals surface area contributed by atoms with Gasteiger partial charge in [-0.25, -0.2) is 4.79 Å². The van der Waals surface area contributed by atoms with Gasteiger partial charge >= 0.3 is 5.97 Å². The minimum Gasteiger partial charge on any atom is -0.463 e. The van der Waals surface area contributed by atoms with Gasteiger partial charge in [-0.05, 0) is 39.9 Å². The smallest absolute Gasteiger partial charge is 0.330 e. The highest BCUT2D eigenvalue weighted by Gasteiger charge is 2.00. The van der Waals surface area contributed by atoms with Crippen LogP contribution in [0.3, 0.4) is 0 Å². The predicted molar refractivity (Wildman–Crippen MR) is 82.2 cm³/mol. The molecule has 0 aromatic heterocycles. The zero-order chi connectivity index (χ0) is 16.0. The minimum atomic E-state index is -0.385. The summed E-state index contributed by atoms with van der Waals surface area (Å²) < 4.78 is 4.67. The quantitative estimate of drug-likeness (QED) is 0.398. The number of rotatable bonds is 9. The molecule has 0 aromatic carbocycles. The van der Waals surface area contributed by atoms with Crippen molar-refractivity contribution in [2.45, 2.75) is 32.6 Å². The van der Waals surface area contributed by atoms with Crippen molar-refractivity contribution >= 4 is 11.9 Å². The SMILES string of the molecule is C=C(CCCN(C)C)C(N)=O.C=CC(=O)OCCCC. The number of carbonyl (C=O) groups is 2. The number of unbranched alkanes of at least 4 members (excludes halogenated alkanes) is 1. The van der Waals surface area contributed by atoms with E-state index in [1.807, 2.05) is 21.0 Å². The van der Waals surface area contributed by atoms with Crippen LogP contribution < -0.4 is 5.73 Å². The van der Waals surface area contributed by atoms with Crippen LogP contribution in [0, 0.1) is 0 Å². The third kappa shape index (κ3) is 16.4. The first-order chi connectivity index (χ1) is 9.34. The van der Waals surface area contributed by atoms with Gasteiger partial charge in [-0.15, -0.1) is 0 Å². The average Bonchev–Trinajstić information content (AvgIpc) is 2.38. The van der Waals surface area contributed by atoms with E-state index >= 15 is 0 Å². The number of nitrogens with two attached hydrogens (primary N) is 1. The molecule has 0 unspecified atom stereocenters. The summed E-state index contributed by atoms with van der Waals surface area (Å²) in [4.78, 5) is 22.9. The Labute approximate surface area is 122 Å². The fourth-order valence-electron chi connectivity index (χ4n) is 1.11. The largest absolute Gasteiger partial charge is 0.463 e.